The summed E-state index contributed by atoms with van der Waals surface area (Å²) in [6, 6.07) is 1.17. The van der Waals surface area contributed by atoms with Gasteiger partial charge in [-0.15, -0.1) is 11.6 Å². The van der Waals surface area contributed by atoms with E-state index in [-0.39, 0.29) is 17.1 Å². The van der Waals surface area contributed by atoms with Gasteiger partial charge in [0.05, 0.1) is 11.6 Å². The molecule has 0 amide bonds. The lowest BCUT2D eigenvalue weighted by Gasteiger charge is -2.06. The van der Waals surface area contributed by atoms with E-state index in [1.807, 2.05) is 0 Å². The zero-order chi connectivity index (χ0) is 10.7. The lowest BCUT2D eigenvalue weighted by Crippen LogP contribution is -2.01. The zero-order valence-corrected chi connectivity index (χ0v) is 9.15. The van der Waals surface area contributed by atoms with E-state index in [9.17, 15) is 13.6 Å². The number of rotatable bonds is 3. The molecule has 14 heavy (non-hydrogen) atoms. The first-order valence-corrected chi connectivity index (χ1v) is 4.91. The quantitative estimate of drug-likeness (QED) is 0.629. The first kappa shape index (κ1) is 11.5. The first-order valence-electron chi connectivity index (χ1n) is 3.58. The maximum absolute atomic E-state index is 12.4. The second kappa shape index (κ2) is 4.79. The molecule has 0 spiro atoms. The molecule has 0 saturated heterocycles. The molecule has 1 aromatic heterocycles. The molecule has 6 heteroatoms. The molecule has 0 aliphatic carbocycles. The van der Waals surface area contributed by atoms with Crippen LogP contribution in [0.3, 0.4) is 0 Å². The van der Waals surface area contributed by atoms with Gasteiger partial charge in [0.2, 0.25) is 0 Å². The van der Waals surface area contributed by atoms with Gasteiger partial charge < -0.3 is 0 Å². The minimum Gasteiger partial charge on any atom is -0.296 e. The van der Waals surface area contributed by atoms with Crippen LogP contribution in [0.25, 0.3) is 0 Å². The molecule has 0 saturated carbocycles. The predicted octanol–water partition coefficient (Wildman–Crippen LogP) is 3.33. The number of aromatic nitrogens is 1. The highest BCUT2D eigenvalue weighted by molar-refractivity contribution is 9.10. The van der Waals surface area contributed by atoms with Gasteiger partial charge in [-0.05, 0) is 22.0 Å². The van der Waals surface area contributed by atoms with Crippen LogP contribution in [0.2, 0.25) is 0 Å². The van der Waals surface area contributed by atoms with Crippen molar-refractivity contribution in [3.63, 3.8) is 0 Å². The standard InChI is InChI=1S/C8H5BrClF2NO/c9-5-1-4(8(11)12)7(3-14)13-6(5)2-10/h1,3,8H,2H2. The smallest absolute Gasteiger partial charge is 0.266 e. The molecule has 0 bridgehead atoms. The second-order valence-corrected chi connectivity index (χ2v) is 3.57. The number of nitrogens with zero attached hydrogens (tertiary/aromatic N) is 1. The van der Waals surface area contributed by atoms with E-state index in [4.69, 9.17) is 11.6 Å². The van der Waals surface area contributed by atoms with Gasteiger partial charge in [-0.2, -0.15) is 0 Å². The Hall–Kier alpha value is -0.550. The summed E-state index contributed by atoms with van der Waals surface area (Å²) in [5, 5.41) is 0. The van der Waals surface area contributed by atoms with Gasteiger partial charge in [0, 0.05) is 10.0 Å². The monoisotopic (exact) mass is 283 g/mol. The molecule has 76 valence electrons. The molecule has 0 atom stereocenters. The average Bonchev–Trinajstić information content (AvgIpc) is 2.17. The van der Waals surface area contributed by atoms with Crippen LogP contribution in [0, 0.1) is 0 Å². The van der Waals surface area contributed by atoms with Crippen LogP contribution in [0.1, 0.15) is 28.2 Å². The minimum atomic E-state index is -2.72. The zero-order valence-electron chi connectivity index (χ0n) is 6.81. The fraction of sp³-hybridized carbons (Fsp3) is 0.250. The highest BCUT2D eigenvalue weighted by Gasteiger charge is 2.16. The third kappa shape index (κ3) is 2.27. The van der Waals surface area contributed by atoms with Crippen LogP contribution in [-0.4, -0.2) is 11.3 Å². The van der Waals surface area contributed by atoms with Crippen molar-refractivity contribution in [3.8, 4) is 0 Å². The first-order chi connectivity index (χ1) is 6.60. The van der Waals surface area contributed by atoms with E-state index in [0.717, 1.165) is 0 Å². The van der Waals surface area contributed by atoms with Crippen LogP contribution in [0.4, 0.5) is 8.78 Å². The number of aldehydes is 1. The second-order valence-electron chi connectivity index (χ2n) is 2.44. The van der Waals surface area contributed by atoms with Gasteiger partial charge in [-0.1, -0.05) is 0 Å². The molecule has 0 aliphatic rings. The number of halogens is 4. The fourth-order valence-electron chi connectivity index (χ4n) is 0.920. The highest BCUT2D eigenvalue weighted by Crippen LogP contribution is 2.26. The van der Waals surface area contributed by atoms with Crippen LogP contribution in [0.5, 0.6) is 0 Å². The van der Waals surface area contributed by atoms with Crippen LogP contribution < -0.4 is 0 Å². The molecule has 2 nitrogen and oxygen atoms in total. The predicted molar refractivity (Wildman–Crippen MR) is 51.8 cm³/mol. The molecule has 1 rings (SSSR count). The summed E-state index contributed by atoms with van der Waals surface area (Å²) < 4.78 is 25.1. The lowest BCUT2D eigenvalue weighted by atomic mass is 10.2. The number of carbonyl (C=O) groups excluding carboxylic acids is 1. The van der Waals surface area contributed by atoms with Gasteiger partial charge in [0.1, 0.15) is 5.69 Å². The van der Waals surface area contributed by atoms with E-state index >= 15 is 0 Å². The van der Waals surface area contributed by atoms with Crippen LogP contribution >= 0.6 is 27.5 Å². The summed E-state index contributed by atoms with van der Waals surface area (Å²) in [7, 11) is 0. The van der Waals surface area contributed by atoms with Crippen molar-refractivity contribution < 1.29 is 13.6 Å². The van der Waals surface area contributed by atoms with Crippen LogP contribution in [0.15, 0.2) is 10.5 Å². The number of alkyl halides is 3. The number of hydrogen-bond donors (Lipinski definition) is 0. The third-order valence-corrected chi connectivity index (χ3v) is 2.52. The largest absolute Gasteiger partial charge is 0.296 e. The summed E-state index contributed by atoms with van der Waals surface area (Å²) in [6.07, 6.45) is -2.42. The van der Waals surface area contributed by atoms with Gasteiger partial charge >= 0.3 is 0 Å². The van der Waals surface area contributed by atoms with Crippen molar-refractivity contribution in [1.29, 1.82) is 0 Å². The third-order valence-electron chi connectivity index (χ3n) is 1.58. The van der Waals surface area contributed by atoms with Crippen molar-refractivity contribution >= 4 is 33.8 Å². The summed E-state index contributed by atoms with van der Waals surface area (Å²) in [5.74, 6) is 0.0605. The van der Waals surface area contributed by atoms with E-state index in [1.165, 1.54) is 6.07 Å². The maximum Gasteiger partial charge on any atom is 0.266 e. The van der Waals surface area contributed by atoms with E-state index in [1.54, 1.807) is 0 Å². The van der Waals surface area contributed by atoms with E-state index in [2.05, 4.69) is 20.9 Å². The van der Waals surface area contributed by atoms with Crippen molar-refractivity contribution in [2.45, 2.75) is 12.3 Å². The van der Waals surface area contributed by atoms with Crippen molar-refractivity contribution in [2.75, 3.05) is 0 Å². The SMILES string of the molecule is O=Cc1nc(CCl)c(Br)cc1C(F)F. The number of hydrogen-bond acceptors (Lipinski definition) is 2. The summed E-state index contributed by atoms with van der Waals surface area (Å²) >= 11 is 8.54. The molecular formula is C8H5BrClF2NO. The molecular weight excluding hydrogens is 279 g/mol. The highest BCUT2D eigenvalue weighted by atomic mass is 79.9. The number of carbonyl (C=O) groups is 1. The molecule has 0 unspecified atom stereocenters. The topological polar surface area (TPSA) is 30.0 Å². The molecule has 1 heterocycles. The van der Waals surface area contributed by atoms with Crippen molar-refractivity contribution in [3.05, 3.63) is 27.5 Å². The molecule has 0 N–H and O–H groups in total. The Bertz CT molecular complexity index is 359. The molecule has 0 fully saturated rings. The Kier molecular flexibility index (Phi) is 3.95. The normalized spacial score (nSPS) is 10.6. The van der Waals surface area contributed by atoms with E-state index in [0.29, 0.717) is 16.5 Å². The summed E-state index contributed by atoms with van der Waals surface area (Å²) in [4.78, 5) is 14.2. The lowest BCUT2D eigenvalue weighted by molar-refractivity contribution is 0.110. The Labute approximate surface area is 92.4 Å². The maximum atomic E-state index is 12.4. The fourth-order valence-corrected chi connectivity index (χ4v) is 1.76. The molecule has 0 aliphatic heterocycles. The molecule has 1 aromatic rings. The molecule has 0 radical (unpaired) electrons. The van der Waals surface area contributed by atoms with Gasteiger partial charge in [-0.25, -0.2) is 13.8 Å². The van der Waals surface area contributed by atoms with Gasteiger partial charge in [0.25, 0.3) is 6.43 Å². The van der Waals surface area contributed by atoms with E-state index < -0.39 is 6.43 Å². The van der Waals surface area contributed by atoms with Gasteiger partial charge in [0.15, 0.2) is 6.29 Å². The Morgan fingerprint density at radius 1 is 1.64 bits per heavy atom. The summed E-state index contributed by atoms with van der Waals surface area (Å²) in [6.45, 7) is 0. The Morgan fingerprint density at radius 2 is 2.29 bits per heavy atom. The minimum absolute atomic E-state index is 0.0605. The number of pyridine rings is 1. The van der Waals surface area contributed by atoms with Crippen molar-refractivity contribution in [1.82, 2.24) is 4.98 Å². The van der Waals surface area contributed by atoms with Gasteiger partial charge in [-0.3, -0.25) is 4.79 Å². The molecule has 0 aromatic carbocycles. The Balaban J connectivity index is 3.31. The average molecular weight is 284 g/mol. The summed E-state index contributed by atoms with van der Waals surface area (Å²) in [5.41, 5.74) is -0.280. The Morgan fingerprint density at radius 3 is 2.71 bits per heavy atom. The van der Waals surface area contributed by atoms with Crippen molar-refractivity contribution in [2.24, 2.45) is 0 Å². The van der Waals surface area contributed by atoms with Crippen LogP contribution in [-0.2, 0) is 5.88 Å².